The van der Waals surface area contributed by atoms with Gasteiger partial charge in [0.1, 0.15) is 18.8 Å². The Kier molecular flexibility index (Phi) is 10.4. The minimum Gasteiger partial charge on any atom is -0.463 e. The highest BCUT2D eigenvalue weighted by Gasteiger charge is 2.54. The van der Waals surface area contributed by atoms with Crippen molar-refractivity contribution in [2.45, 2.75) is 68.1 Å². The van der Waals surface area contributed by atoms with E-state index in [0.717, 1.165) is 37.5 Å². The molecule has 0 aromatic heterocycles. The van der Waals surface area contributed by atoms with Crippen LogP contribution >= 0.6 is 24.4 Å². The quantitative estimate of drug-likeness (QED) is 0.158. The molecule has 35 heavy (non-hydrogen) atoms. The summed E-state index contributed by atoms with van der Waals surface area (Å²) in [7, 11) is 0. The summed E-state index contributed by atoms with van der Waals surface area (Å²) >= 11 is 5.43. The molecular weight excluding hydrogens is 502 g/mol. The lowest BCUT2D eigenvalue weighted by Gasteiger charge is -2.45. The number of ether oxygens (including phenoxy) is 5. The first-order chi connectivity index (χ1) is 16.4. The Morgan fingerprint density at radius 3 is 2.17 bits per heavy atom. The van der Waals surface area contributed by atoms with Gasteiger partial charge < -0.3 is 23.7 Å². The Morgan fingerprint density at radius 2 is 1.63 bits per heavy atom. The predicted octanol–water partition coefficient (Wildman–Crippen LogP) is 1.62. The first kappa shape index (κ1) is 28.5. The fraction of sp³-hybridized carbons (Fsp3) is 0.500. The van der Waals surface area contributed by atoms with Crippen molar-refractivity contribution in [2.24, 2.45) is 0 Å². The Bertz CT molecular complexity index is 954. The molecule has 1 aromatic rings. The van der Waals surface area contributed by atoms with Crippen LogP contribution in [0.15, 0.2) is 34.1 Å². The van der Waals surface area contributed by atoms with Crippen LogP contribution in [0.4, 0.5) is 0 Å². The summed E-state index contributed by atoms with van der Waals surface area (Å²) < 4.78 is 26.8. The maximum atomic E-state index is 12.8. The van der Waals surface area contributed by atoms with Crippen molar-refractivity contribution in [1.82, 2.24) is 5.32 Å². The second-order valence-corrected chi connectivity index (χ2v) is 9.13. The number of hydrogen-bond acceptors (Lipinski definition) is 12. The Morgan fingerprint density at radius 1 is 1.00 bits per heavy atom. The fourth-order valence-electron chi connectivity index (χ4n) is 3.32. The van der Waals surface area contributed by atoms with E-state index in [1.54, 1.807) is 24.3 Å². The van der Waals surface area contributed by atoms with Gasteiger partial charge in [-0.2, -0.15) is 0 Å². The maximum absolute atomic E-state index is 12.8. The van der Waals surface area contributed by atoms with Gasteiger partial charge in [0.25, 0.3) is 0 Å². The number of carbonyl (C=O) groups excluding carboxylic acids is 5. The summed E-state index contributed by atoms with van der Waals surface area (Å²) in [6.45, 7) is 4.10. The van der Waals surface area contributed by atoms with Gasteiger partial charge in [0, 0.05) is 37.5 Å². The van der Waals surface area contributed by atoms with Crippen LogP contribution in [0.25, 0.3) is 0 Å². The lowest BCUT2D eigenvalue weighted by Crippen LogP contribution is -2.66. The monoisotopic (exact) mass is 529 g/mol. The zero-order valence-electron chi connectivity index (χ0n) is 19.6. The molecule has 13 heteroatoms. The topological polar surface area (TPSA) is 144 Å². The largest absolute Gasteiger partial charge is 0.463 e. The molecule has 11 nitrogen and oxygen atoms in total. The van der Waals surface area contributed by atoms with Gasteiger partial charge >= 0.3 is 29.8 Å². The van der Waals surface area contributed by atoms with E-state index in [2.05, 4.69) is 17.9 Å². The SMILES string of the molecule is CC(=O)OC[C@H]1O[C@@](NC(=O)CSc2ccc(S)cc2)(OC(C)=O)C[C@@H](OC(C)=O)[C@@H]1OC(C)=O. The number of nitrogens with one attached hydrogen (secondary N) is 1. The van der Waals surface area contributed by atoms with Crippen molar-refractivity contribution in [3.8, 4) is 0 Å². The van der Waals surface area contributed by atoms with E-state index in [9.17, 15) is 24.0 Å². The molecule has 0 unspecified atom stereocenters. The van der Waals surface area contributed by atoms with Gasteiger partial charge in [-0.15, -0.1) is 24.4 Å². The average molecular weight is 530 g/mol. The van der Waals surface area contributed by atoms with Gasteiger partial charge in [0.05, 0.1) is 12.2 Å². The normalized spacial score (nSPS) is 23.5. The number of benzene rings is 1. The third-order valence-corrected chi connectivity index (χ3v) is 5.77. The van der Waals surface area contributed by atoms with Gasteiger partial charge in [-0.25, -0.2) is 0 Å². The van der Waals surface area contributed by atoms with Gasteiger partial charge in [-0.3, -0.25) is 29.3 Å². The Hall–Kier alpha value is -2.77. The van der Waals surface area contributed by atoms with Gasteiger partial charge in [0.2, 0.25) is 5.91 Å². The molecule has 1 aromatic carbocycles. The molecule has 1 fully saturated rings. The van der Waals surface area contributed by atoms with Crippen LogP contribution < -0.4 is 5.32 Å². The van der Waals surface area contributed by atoms with Crippen molar-refractivity contribution < 1.29 is 47.7 Å². The lowest BCUT2D eigenvalue weighted by atomic mass is 9.98. The first-order valence-corrected chi connectivity index (χ1v) is 11.9. The zero-order chi connectivity index (χ0) is 26.2. The van der Waals surface area contributed by atoms with Crippen molar-refractivity contribution >= 4 is 54.2 Å². The third kappa shape index (κ3) is 9.42. The molecule has 2 rings (SSSR count). The fourth-order valence-corrected chi connectivity index (χ4v) is 4.16. The highest BCUT2D eigenvalue weighted by molar-refractivity contribution is 8.00. The average Bonchev–Trinajstić information content (AvgIpc) is 2.72. The van der Waals surface area contributed by atoms with E-state index in [1.807, 2.05) is 0 Å². The predicted molar refractivity (Wildman–Crippen MR) is 124 cm³/mol. The summed E-state index contributed by atoms with van der Waals surface area (Å²) in [6.07, 6.45) is -4.02. The molecule has 4 atom stereocenters. The third-order valence-electron chi connectivity index (χ3n) is 4.46. The van der Waals surface area contributed by atoms with Crippen molar-refractivity contribution in [1.29, 1.82) is 0 Å². The van der Waals surface area contributed by atoms with Crippen LogP contribution in [0.5, 0.6) is 0 Å². The van der Waals surface area contributed by atoms with Crippen molar-refractivity contribution in [2.75, 3.05) is 12.4 Å². The van der Waals surface area contributed by atoms with Crippen LogP contribution in [-0.4, -0.2) is 66.4 Å². The molecule has 1 amide bonds. The molecule has 0 aliphatic carbocycles. The van der Waals surface area contributed by atoms with Gasteiger partial charge in [-0.05, 0) is 24.3 Å². The number of thiol groups is 1. The van der Waals surface area contributed by atoms with E-state index in [-0.39, 0.29) is 12.2 Å². The molecule has 192 valence electrons. The van der Waals surface area contributed by atoms with Crippen LogP contribution in [0.2, 0.25) is 0 Å². The molecule has 0 spiro atoms. The molecule has 0 bridgehead atoms. The van der Waals surface area contributed by atoms with Crippen LogP contribution in [-0.2, 0) is 47.7 Å². The number of thioether (sulfide) groups is 1. The summed E-state index contributed by atoms with van der Waals surface area (Å²) in [4.78, 5) is 61.1. The lowest BCUT2D eigenvalue weighted by molar-refractivity contribution is -0.322. The number of amides is 1. The molecule has 0 radical (unpaired) electrons. The van der Waals surface area contributed by atoms with Crippen LogP contribution in [0.1, 0.15) is 34.1 Å². The second-order valence-electron chi connectivity index (χ2n) is 7.56. The zero-order valence-corrected chi connectivity index (χ0v) is 21.3. The van der Waals surface area contributed by atoms with Gasteiger partial charge in [0.15, 0.2) is 6.10 Å². The number of esters is 4. The molecule has 1 heterocycles. The van der Waals surface area contributed by atoms with Crippen molar-refractivity contribution in [3.63, 3.8) is 0 Å². The summed E-state index contributed by atoms with van der Waals surface area (Å²) in [5, 5.41) is 2.53. The molecule has 1 N–H and O–H groups in total. The van der Waals surface area contributed by atoms with Crippen LogP contribution in [0, 0.1) is 0 Å². The smallest absolute Gasteiger partial charge is 0.306 e. The van der Waals surface area contributed by atoms with E-state index >= 15 is 0 Å². The molecule has 1 aliphatic rings. The van der Waals surface area contributed by atoms with Gasteiger partial charge in [-0.1, -0.05) is 0 Å². The molecule has 0 saturated carbocycles. The summed E-state index contributed by atoms with van der Waals surface area (Å²) in [5.41, 5.74) is 0. The second kappa shape index (κ2) is 12.8. The summed E-state index contributed by atoms with van der Waals surface area (Å²) in [6, 6.07) is 7.11. The Balaban J connectivity index is 2.30. The van der Waals surface area contributed by atoms with E-state index < -0.39 is 60.6 Å². The number of hydrogen-bond donors (Lipinski definition) is 2. The highest BCUT2D eigenvalue weighted by Crippen LogP contribution is 2.33. The molecule has 1 aliphatic heterocycles. The Labute approximate surface area is 211 Å². The highest BCUT2D eigenvalue weighted by atomic mass is 32.2. The van der Waals surface area contributed by atoms with Crippen molar-refractivity contribution in [3.05, 3.63) is 24.3 Å². The minimum atomic E-state index is -2.08. The molecule has 1 saturated heterocycles. The minimum absolute atomic E-state index is 0.0709. The van der Waals surface area contributed by atoms with E-state index in [1.165, 1.54) is 11.8 Å². The van der Waals surface area contributed by atoms with E-state index in [0.29, 0.717) is 0 Å². The number of carbonyl (C=O) groups is 5. The first-order valence-electron chi connectivity index (χ1n) is 10.5. The van der Waals surface area contributed by atoms with Crippen LogP contribution in [0.3, 0.4) is 0 Å². The standard InChI is InChI=1S/C22H27NO10S2/c1-12(24)29-10-19-21(31-14(3)26)18(30-13(2)25)9-22(33-19,32-15(4)27)23-20(28)11-35-17-7-5-16(34)6-8-17/h5-8,18-19,21,34H,9-11H2,1-4H3,(H,23,28)/t18-,19-,21+,22+/m1/s1. The van der Waals surface area contributed by atoms with E-state index in [4.69, 9.17) is 23.7 Å². The maximum Gasteiger partial charge on any atom is 0.306 e. The number of rotatable bonds is 9. The molecular formula is C22H27NO10S2. The summed E-state index contributed by atoms with van der Waals surface area (Å²) in [5.74, 6) is -5.61.